The Kier molecular flexibility index (Phi) is 8.15. The van der Waals surface area contributed by atoms with Crippen molar-refractivity contribution in [2.24, 2.45) is 5.92 Å². The first kappa shape index (κ1) is 27.6. The third kappa shape index (κ3) is 6.30. The second kappa shape index (κ2) is 12.1. The van der Waals surface area contributed by atoms with E-state index in [1.54, 1.807) is 31.2 Å². The van der Waals surface area contributed by atoms with Crippen LogP contribution in [0.1, 0.15) is 47.1 Å². The summed E-state index contributed by atoms with van der Waals surface area (Å²) in [5, 5.41) is 13.3. The summed E-state index contributed by atoms with van der Waals surface area (Å²) in [7, 11) is 0. The molecule has 0 aliphatic rings. The Morgan fingerprint density at radius 1 is 0.902 bits per heavy atom. The van der Waals surface area contributed by atoms with E-state index < -0.39 is 5.97 Å². The zero-order chi connectivity index (χ0) is 28.9. The second-order valence-electron chi connectivity index (χ2n) is 10.4. The minimum atomic E-state index is -0.406. The largest absolute Gasteiger partial charge is 0.462 e. The highest BCUT2D eigenvalue weighted by atomic mass is 16.5. The molecule has 0 saturated heterocycles. The summed E-state index contributed by atoms with van der Waals surface area (Å²) < 4.78 is 7.09. The first-order valence-corrected chi connectivity index (χ1v) is 13.8. The SMILES string of the molecule is CCOC(=O)c1ccc(C(=O)Nc2cc(Nc3ccc4cccc(-c5ccnn5CC(C)C)c4c3)ccc2C)cc1. The summed E-state index contributed by atoms with van der Waals surface area (Å²) in [6.07, 6.45) is 1.86. The third-order valence-corrected chi connectivity index (χ3v) is 6.85. The van der Waals surface area contributed by atoms with Crippen LogP contribution in [0.5, 0.6) is 0 Å². The molecule has 41 heavy (non-hydrogen) atoms. The molecule has 0 saturated carbocycles. The van der Waals surface area contributed by atoms with E-state index in [9.17, 15) is 9.59 Å². The molecule has 4 aromatic carbocycles. The molecule has 0 unspecified atom stereocenters. The Morgan fingerprint density at radius 3 is 2.39 bits per heavy atom. The average Bonchev–Trinajstić information content (AvgIpc) is 3.41. The van der Waals surface area contributed by atoms with Crippen molar-refractivity contribution in [3.8, 4) is 11.3 Å². The number of ether oxygens (including phenoxy) is 1. The molecule has 7 heteroatoms. The molecule has 1 heterocycles. The van der Waals surface area contributed by atoms with Crippen molar-refractivity contribution < 1.29 is 14.3 Å². The van der Waals surface area contributed by atoms with E-state index in [1.165, 1.54) is 0 Å². The average molecular weight is 547 g/mol. The van der Waals surface area contributed by atoms with Gasteiger partial charge in [-0.15, -0.1) is 0 Å². The Hall–Kier alpha value is -4.91. The number of amides is 1. The molecule has 208 valence electrons. The highest BCUT2D eigenvalue weighted by Crippen LogP contribution is 2.32. The summed E-state index contributed by atoms with van der Waals surface area (Å²) in [5.74, 6) is -0.175. The number of nitrogens with zero attached hydrogens (tertiary/aromatic N) is 2. The molecule has 0 bridgehead atoms. The molecule has 5 aromatic rings. The van der Waals surface area contributed by atoms with E-state index in [1.807, 2.05) is 31.3 Å². The fourth-order valence-electron chi connectivity index (χ4n) is 4.79. The van der Waals surface area contributed by atoms with Gasteiger partial charge in [-0.1, -0.05) is 44.2 Å². The highest BCUT2D eigenvalue weighted by Gasteiger charge is 2.13. The van der Waals surface area contributed by atoms with Gasteiger partial charge in [0, 0.05) is 40.9 Å². The lowest BCUT2D eigenvalue weighted by atomic mass is 10.0. The van der Waals surface area contributed by atoms with Gasteiger partial charge in [-0.2, -0.15) is 5.10 Å². The number of hydrogen-bond donors (Lipinski definition) is 2. The summed E-state index contributed by atoms with van der Waals surface area (Å²) >= 11 is 0. The normalized spacial score (nSPS) is 11.0. The topological polar surface area (TPSA) is 85.2 Å². The van der Waals surface area contributed by atoms with Crippen molar-refractivity contribution in [2.75, 3.05) is 17.2 Å². The lowest BCUT2D eigenvalue weighted by Gasteiger charge is -2.15. The predicted octanol–water partition coefficient (Wildman–Crippen LogP) is 7.84. The van der Waals surface area contributed by atoms with E-state index in [2.05, 4.69) is 76.7 Å². The summed E-state index contributed by atoms with van der Waals surface area (Å²) in [4.78, 5) is 24.9. The minimum absolute atomic E-state index is 0.256. The maximum absolute atomic E-state index is 13.0. The maximum Gasteiger partial charge on any atom is 0.338 e. The van der Waals surface area contributed by atoms with Crippen LogP contribution < -0.4 is 10.6 Å². The van der Waals surface area contributed by atoms with Crippen LogP contribution in [0, 0.1) is 12.8 Å². The fourth-order valence-corrected chi connectivity index (χ4v) is 4.79. The van der Waals surface area contributed by atoms with Crippen LogP contribution in [-0.4, -0.2) is 28.3 Å². The molecular formula is C34H34N4O3. The molecule has 1 amide bonds. The van der Waals surface area contributed by atoms with Gasteiger partial charge in [0.05, 0.1) is 17.9 Å². The predicted molar refractivity (Wildman–Crippen MR) is 165 cm³/mol. The van der Waals surface area contributed by atoms with Gasteiger partial charge in [-0.05, 0) is 90.7 Å². The van der Waals surface area contributed by atoms with E-state index in [-0.39, 0.29) is 5.91 Å². The molecule has 5 rings (SSSR count). The smallest absolute Gasteiger partial charge is 0.338 e. The molecule has 7 nitrogen and oxygen atoms in total. The highest BCUT2D eigenvalue weighted by molar-refractivity contribution is 6.05. The van der Waals surface area contributed by atoms with E-state index in [0.717, 1.165) is 45.5 Å². The number of carbonyl (C=O) groups excluding carboxylic acids is 2. The fraction of sp³-hybridized carbons (Fsp3) is 0.206. The third-order valence-electron chi connectivity index (χ3n) is 6.85. The van der Waals surface area contributed by atoms with Gasteiger partial charge < -0.3 is 15.4 Å². The quantitative estimate of drug-likeness (QED) is 0.184. The van der Waals surface area contributed by atoms with Gasteiger partial charge in [-0.3, -0.25) is 9.48 Å². The van der Waals surface area contributed by atoms with Crippen molar-refractivity contribution in [3.63, 3.8) is 0 Å². The Labute approximate surface area is 240 Å². The van der Waals surface area contributed by atoms with Crippen molar-refractivity contribution >= 4 is 39.7 Å². The van der Waals surface area contributed by atoms with Crippen molar-refractivity contribution in [1.82, 2.24) is 9.78 Å². The molecule has 0 aliphatic carbocycles. The second-order valence-corrected chi connectivity index (χ2v) is 10.4. The first-order valence-electron chi connectivity index (χ1n) is 13.8. The standard InChI is InChI=1S/C34H34N4O3/c1-5-41-34(40)26-12-10-25(11-13-26)33(39)37-31-20-28(15-9-23(31)4)36-27-16-14-24-7-6-8-29(30(24)19-27)32-17-18-35-38(32)21-22(2)3/h6-20,22,36H,5,21H2,1-4H3,(H,37,39). The molecule has 0 atom stereocenters. The van der Waals surface area contributed by atoms with Crippen LogP contribution in [0.2, 0.25) is 0 Å². The Morgan fingerprint density at radius 2 is 1.63 bits per heavy atom. The molecule has 1 aromatic heterocycles. The zero-order valence-electron chi connectivity index (χ0n) is 23.8. The van der Waals surface area contributed by atoms with E-state index in [4.69, 9.17) is 4.74 Å². The van der Waals surface area contributed by atoms with Crippen molar-refractivity contribution in [2.45, 2.75) is 34.2 Å². The van der Waals surface area contributed by atoms with E-state index >= 15 is 0 Å². The number of aryl methyl sites for hydroxylation is 1. The molecule has 0 radical (unpaired) electrons. The number of nitrogens with one attached hydrogen (secondary N) is 2. The summed E-state index contributed by atoms with van der Waals surface area (Å²) in [6.45, 7) is 9.24. The number of fused-ring (bicyclic) bond motifs is 1. The van der Waals surface area contributed by atoms with Gasteiger partial charge in [0.1, 0.15) is 0 Å². The Balaban J connectivity index is 1.37. The minimum Gasteiger partial charge on any atom is -0.462 e. The summed E-state index contributed by atoms with van der Waals surface area (Å²) in [5.41, 5.74) is 6.52. The van der Waals surface area contributed by atoms with E-state index in [0.29, 0.717) is 29.3 Å². The van der Waals surface area contributed by atoms with Crippen LogP contribution in [0.4, 0.5) is 17.1 Å². The van der Waals surface area contributed by atoms with Gasteiger partial charge in [-0.25, -0.2) is 4.79 Å². The van der Waals surface area contributed by atoms with Gasteiger partial charge in [0.2, 0.25) is 0 Å². The molecule has 0 spiro atoms. The van der Waals surface area contributed by atoms with Crippen LogP contribution in [-0.2, 0) is 11.3 Å². The molecule has 2 N–H and O–H groups in total. The van der Waals surface area contributed by atoms with Gasteiger partial charge >= 0.3 is 5.97 Å². The first-order chi connectivity index (χ1) is 19.8. The van der Waals surface area contributed by atoms with Crippen LogP contribution in [0.15, 0.2) is 91.1 Å². The van der Waals surface area contributed by atoms with Crippen LogP contribution in [0.3, 0.4) is 0 Å². The lowest BCUT2D eigenvalue weighted by molar-refractivity contribution is 0.0526. The zero-order valence-corrected chi connectivity index (χ0v) is 23.8. The number of esters is 1. The van der Waals surface area contributed by atoms with Crippen LogP contribution in [0.25, 0.3) is 22.0 Å². The number of rotatable bonds is 9. The number of benzene rings is 4. The Bertz CT molecular complexity index is 1700. The lowest BCUT2D eigenvalue weighted by Crippen LogP contribution is -2.13. The van der Waals surface area contributed by atoms with Crippen molar-refractivity contribution in [3.05, 3.63) is 108 Å². The number of hydrogen-bond acceptors (Lipinski definition) is 5. The van der Waals surface area contributed by atoms with Crippen LogP contribution >= 0.6 is 0 Å². The van der Waals surface area contributed by atoms with Crippen molar-refractivity contribution in [1.29, 1.82) is 0 Å². The maximum atomic E-state index is 13.0. The molecular weight excluding hydrogens is 512 g/mol. The number of anilines is 3. The molecule has 0 aliphatic heterocycles. The molecule has 0 fully saturated rings. The number of carbonyl (C=O) groups is 2. The number of aromatic nitrogens is 2. The van der Waals surface area contributed by atoms with Gasteiger partial charge in [0.15, 0.2) is 0 Å². The monoisotopic (exact) mass is 546 g/mol. The van der Waals surface area contributed by atoms with Gasteiger partial charge in [0.25, 0.3) is 5.91 Å². The summed E-state index contributed by atoms with van der Waals surface area (Å²) in [6, 6.07) is 27.1.